The lowest BCUT2D eigenvalue weighted by molar-refractivity contribution is 0.0707. The van der Waals surface area contributed by atoms with Gasteiger partial charge in [0, 0.05) is 57.2 Å². The molecule has 0 saturated heterocycles. The number of aryl methyl sites for hydroxylation is 1. The van der Waals surface area contributed by atoms with Gasteiger partial charge in [-0.1, -0.05) is 0 Å². The molecule has 0 bridgehead atoms. The predicted octanol–water partition coefficient (Wildman–Crippen LogP) is 1.24. The highest BCUT2D eigenvalue weighted by Gasteiger charge is 2.28. The number of imidazole rings is 1. The number of rotatable bonds is 6. The first-order chi connectivity index (χ1) is 12.1. The van der Waals surface area contributed by atoms with E-state index in [9.17, 15) is 9.59 Å². The molecule has 25 heavy (non-hydrogen) atoms. The molecule has 0 atom stereocenters. The van der Waals surface area contributed by atoms with E-state index in [0.717, 1.165) is 12.1 Å². The van der Waals surface area contributed by atoms with Gasteiger partial charge in [-0.15, -0.1) is 0 Å². The summed E-state index contributed by atoms with van der Waals surface area (Å²) in [6.07, 6.45) is 5.41. The second kappa shape index (κ2) is 7.08. The van der Waals surface area contributed by atoms with E-state index in [0.29, 0.717) is 44.2 Å². The number of carbonyl (C=O) groups excluding carboxylic acids is 2. The molecule has 2 aromatic heterocycles. The summed E-state index contributed by atoms with van der Waals surface area (Å²) in [6.45, 7) is 9.71. The molecule has 0 saturated carbocycles. The number of likely N-dealkylation sites (N-methyl/N-ethyl adjacent to an activating group) is 1. The second-order valence-electron chi connectivity index (χ2n) is 6.05. The van der Waals surface area contributed by atoms with Crippen molar-refractivity contribution in [1.82, 2.24) is 29.1 Å². The molecule has 3 rings (SSSR count). The Labute approximate surface area is 147 Å². The summed E-state index contributed by atoms with van der Waals surface area (Å²) in [5.74, 6) is 0.0795. The average molecular weight is 344 g/mol. The van der Waals surface area contributed by atoms with E-state index in [1.54, 1.807) is 26.8 Å². The Morgan fingerprint density at radius 1 is 1.20 bits per heavy atom. The van der Waals surface area contributed by atoms with Crippen LogP contribution in [0.3, 0.4) is 0 Å². The highest BCUT2D eigenvalue weighted by atomic mass is 16.2. The lowest BCUT2D eigenvalue weighted by Gasteiger charge is -2.25. The van der Waals surface area contributed by atoms with Crippen LogP contribution in [0.2, 0.25) is 0 Å². The van der Waals surface area contributed by atoms with Crippen molar-refractivity contribution in [3.05, 3.63) is 35.7 Å². The smallest absolute Gasteiger partial charge is 0.289 e. The lowest BCUT2D eigenvalue weighted by atomic mass is 10.3. The van der Waals surface area contributed by atoms with E-state index >= 15 is 0 Å². The summed E-state index contributed by atoms with van der Waals surface area (Å²) in [7, 11) is 0. The molecule has 134 valence electrons. The minimum atomic E-state index is -0.163. The van der Waals surface area contributed by atoms with Gasteiger partial charge in [-0.3, -0.25) is 14.3 Å². The van der Waals surface area contributed by atoms with Crippen LogP contribution in [0.15, 0.2) is 18.6 Å². The van der Waals surface area contributed by atoms with Gasteiger partial charge in [0.1, 0.15) is 5.69 Å². The van der Waals surface area contributed by atoms with Crippen molar-refractivity contribution in [2.75, 3.05) is 19.6 Å². The Bertz CT molecular complexity index is 778. The summed E-state index contributed by atoms with van der Waals surface area (Å²) >= 11 is 0. The monoisotopic (exact) mass is 344 g/mol. The third-order valence-corrected chi connectivity index (χ3v) is 4.52. The largest absolute Gasteiger partial charge is 0.334 e. The van der Waals surface area contributed by atoms with Crippen LogP contribution in [-0.4, -0.2) is 60.6 Å². The molecule has 0 N–H and O–H groups in total. The van der Waals surface area contributed by atoms with E-state index in [1.165, 1.54) is 0 Å². The number of aromatic nitrogens is 4. The normalized spacial score (nSPS) is 13.9. The minimum Gasteiger partial charge on any atom is -0.334 e. The molecule has 8 heteroatoms. The maximum atomic E-state index is 12.8. The molecule has 0 radical (unpaired) electrons. The fraction of sp³-hybridized carbons (Fsp3) is 0.529. The first-order valence-electron chi connectivity index (χ1n) is 8.74. The van der Waals surface area contributed by atoms with E-state index in [2.05, 4.69) is 10.1 Å². The van der Waals surface area contributed by atoms with Crippen LogP contribution in [0.4, 0.5) is 0 Å². The highest BCUT2D eigenvalue weighted by Crippen LogP contribution is 2.15. The zero-order valence-electron chi connectivity index (χ0n) is 15.0. The SMILES string of the molecule is CCN(Cc1cnn(CC)c1)C(=O)c1cn2c(n1)C(=O)N(CC)CC2. The van der Waals surface area contributed by atoms with Crippen LogP contribution < -0.4 is 0 Å². The van der Waals surface area contributed by atoms with Crippen LogP contribution in [-0.2, 0) is 19.6 Å². The first-order valence-corrected chi connectivity index (χ1v) is 8.74. The number of hydrogen-bond donors (Lipinski definition) is 0. The average Bonchev–Trinajstić information content (AvgIpc) is 3.26. The fourth-order valence-electron chi connectivity index (χ4n) is 3.00. The fourth-order valence-corrected chi connectivity index (χ4v) is 3.00. The minimum absolute atomic E-state index is 0.111. The Hall–Kier alpha value is -2.64. The molecular formula is C17H24N6O2. The third-order valence-electron chi connectivity index (χ3n) is 4.52. The standard InChI is InChI=1S/C17H24N6O2/c1-4-20-7-8-22-12-14(19-15(22)17(20)25)16(24)21(5-2)10-13-9-18-23(6-3)11-13/h9,11-12H,4-8,10H2,1-3H3. The number of amides is 2. The summed E-state index contributed by atoms with van der Waals surface area (Å²) in [5, 5.41) is 4.24. The summed E-state index contributed by atoms with van der Waals surface area (Å²) in [4.78, 5) is 33.0. The molecule has 3 heterocycles. The van der Waals surface area contributed by atoms with E-state index in [1.807, 2.05) is 31.6 Å². The lowest BCUT2D eigenvalue weighted by Crippen LogP contribution is -2.40. The van der Waals surface area contributed by atoms with Crippen molar-refractivity contribution in [3.63, 3.8) is 0 Å². The zero-order valence-corrected chi connectivity index (χ0v) is 15.0. The molecule has 8 nitrogen and oxygen atoms in total. The van der Waals surface area contributed by atoms with Gasteiger partial charge in [-0.2, -0.15) is 5.10 Å². The number of carbonyl (C=O) groups is 2. The van der Waals surface area contributed by atoms with Crippen molar-refractivity contribution < 1.29 is 9.59 Å². The number of fused-ring (bicyclic) bond motifs is 1. The topological polar surface area (TPSA) is 76.3 Å². The van der Waals surface area contributed by atoms with Crippen molar-refractivity contribution in [1.29, 1.82) is 0 Å². The maximum absolute atomic E-state index is 12.8. The van der Waals surface area contributed by atoms with E-state index < -0.39 is 0 Å². The zero-order chi connectivity index (χ0) is 18.0. The summed E-state index contributed by atoms with van der Waals surface area (Å²) in [5.41, 5.74) is 1.31. The van der Waals surface area contributed by atoms with Crippen LogP contribution in [0.1, 0.15) is 47.4 Å². The quantitative estimate of drug-likeness (QED) is 0.790. The van der Waals surface area contributed by atoms with Crippen molar-refractivity contribution in [2.24, 2.45) is 0 Å². The first kappa shape index (κ1) is 17.2. The van der Waals surface area contributed by atoms with Gasteiger partial charge < -0.3 is 14.4 Å². The highest BCUT2D eigenvalue weighted by molar-refractivity contribution is 5.96. The van der Waals surface area contributed by atoms with Gasteiger partial charge in [-0.05, 0) is 20.8 Å². The molecule has 0 aromatic carbocycles. The van der Waals surface area contributed by atoms with Crippen LogP contribution in [0, 0.1) is 0 Å². The Kier molecular flexibility index (Phi) is 4.87. The van der Waals surface area contributed by atoms with Gasteiger partial charge in [0.05, 0.1) is 6.20 Å². The molecule has 0 fully saturated rings. The van der Waals surface area contributed by atoms with Gasteiger partial charge >= 0.3 is 0 Å². The molecule has 2 aromatic rings. The van der Waals surface area contributed by atoms with Crippen molar-refractivity contribution >= 4 is 11.8 Å². The van der Waals surface area contributed by atoms with Crippen molar-refractivity contribution in [3.8, 4) is 0 Å². The Morgan fingerprint density at radius 3 is 2.64 bits per heavy atom. The van der Waals surface area contributed by atoms with Gasteiger partial charge in [0.15, 0.2) is 5.82 Å². The van der Waals surface area contributed by atoms with E-state index in [4.69, 9.17) is 0 Å². The van der Waals surface area contributed by atoms with Gasteiger partial charge in [0.2, 0.25) is 0 Å². The molecule has 0 unspecified atom stereocenters. The number of hydrogen-bond acceptors (Lipinski definition) is 4. The molecule has 0 spiro atoms. The van der Waals surface area contributed by atoms with Crippen LogP contribution in [0.25, 0.3) is 0 Å². The summed E-state index contributed by atoms with van der Waals surface area (Å²) in [6, 6.07) is 0. The molecule has 0 aliphatic carbocycles. The Morgan fingerprint density at radius 2 is 2.00 bits per heavy atom. The van der Waals surface area contributed by atoms with Crippen LogP contribution in [0.5, 0.6) is 0 Å². The summed E-state index contributed by atoms with van der Waals surface area (Å²) < 4.78 is 3.62. The second-order valence-corrected chi connectivity index (χ2v) is 6.05. The maximum Gasteiger partial charge on any atom is 0.289 e. The predicted molar refractivity (Wildman–Crippen MR) is 92.1 cm³/mol. The number of nitrogens with zero attached hydrogens (tertiary/aromatic N) is 6. The molecular weight excluding hydrogens is 320 g/mol. The Balaban J connectivity index is 1.78. The van der Waals surface area contributed by atoms with Gasteiger partial charge in [0.25, 0.3) is 11.8 Å². The molecule has 1 aliphatic heterocycles. The third kappa shape index (κ3) is 3.29. The van der Waals surface area contributed by atoms with E-state index in [-0.39, 0.29) is 11.8 Å². The molecule has 1 aliphatic rings. The van der Waals surface area contributed by atoms with Gasteiger partial charge in [-0.25, -0.2) is 4.98 Å². The van der Waals surface area contributed by atoms with Crippen molar-refractivity contribution in [2.45, 2.75) is 40.4 Å². The van der Waals surface area contributed by atoms with Crippen LogP contribution >= 0.6 is 0 Å². The molecule has 2 amide bonds.